The van der Waals surface area contributed by atoms with Crippen LogP contribution >= 0.6 is 34.7 Å². The first-order valence-electron chi connectivity index (χ1n) is 4.43. The van der Waals surface area contributed by atoms with E-state index in [1.807, 2.05) is 6.92 Å². The minimum absolute atomic E-state index is 0.484. The Labute approximate surface area is 106 Å². The summed E-state index contributed by atoms with van der Waals surface area (Å²) in [6, 6.07) is 0. The zero-order valence-electron chi connectivity index (χ0n) is 8.69. The summed E-state index contributed by atoms with van der Waals surface area (Å²) in [5.41, 5.74) is 0.871. The first kappa shape index (κ1) is 11.8. The molecule has 86 valence electrons. The van der Waals surface area contributed by atoms with E-state index >= 15 is 0 Å². The monoisotopic (exact) mass is 276 g/mol. The smallest absolute Gasteiger partial charge is 0.274 e. The van der Waals surface area contributed by atoms with Gasteiger partial charge in [0.15, 0.2) is 0 Å². The van der Waals surface area contributed by atoms with E-state index in [1.54, 1.807) is 13.4 Å². The van der Waals surface area contributed by atoms with Crippen LogP contribution in [0.4, 0.5) is 0 Å². The van der Waals surface area contributed by atoms with E-state index in [-0.39, 0.29) is 0 Å². The number of rotatable bonds is 4. The molecule has 0 fully saturated rings. The number of oxazole rings is 1. The minimum Gasteiger partial charge on any atom is -0.473 e. The molecule has 0 N–H and O–H groups in total. The quantitative estimate of drug-likeness (QED) is 0.801. The lowest BCUT2D eigenvalue weighted by atomic mass is 10.6. The van der Waals surface area contributed by atoms with Crippen molar-refractivity contribution in [2.24, 2.45) is 0 Å². The maximum atomic E-state index is 5.95. The number of hydrogen-bond donors (Lipinski definition) is 0. The Balaban J connectivity index is 2.01. The topological polar surface area (TPSA) is 48.2 Å². The lowest BCUT2D eigenvalue weighted by molar-refractivity contribution is 0.412. The summed E-state index contributed by atoms with van der Waals surface area (Å²) >= 11 is 8.87. The predicted octanol–water partition coefficient (Wildman–Crippen LogP) is 3.39. The fourth-order valence-corrected chi connectivity index (χ4v) is 3.09. The number of thiazole rings is 1. The van der Waals surface area contributed by atoms with Gasteiger partial charge in [0.1, 0.15) is 11.4 Å². The summed E-state index contributed by atoms with van der Waals surface area (Å²) in [6.07, 6.45) is 1.62. The summed E-state index contributed by atoms with van der Waals surface area (Å²) in [6.45, 7) is 1.89. The van der Waals surface area contributed by atoms with Crippen LogP contribution in [0.25, 0.3) is 0 Å². The van der Waals surface area contributed by atoms with Gasteiger partial charge >= 0.3 is 0 Å². The van der Waals surface area contributed by atoms with Crippen molar-refractivity contribution in [1.82, 2.24) is 9.97 Å². The number of halogens is 1. The van der Waals surface area contributed by atoms with Crippen molar-refractivity contribution in [1.29, 1.82) is 0 Å². The molecule has 0 spiro atoms. The van der Waals surface area contributed by atoms with Gasteiger partial charge in [0, 0.05) is 5.75 Å². The van der Waals surface area contributed by atoms with Crippen molar-refractivity contribution in [2.75, 3.05) is 7.11 Å². The number of nitrogens with zero attached hydrogens (tertiary/aromatic N) is 2. The van der Waals surface area contributed by atoms with Gasteiger partial charge < -0.3 is 9.15 Å². The first-order valence-corrected chi connectivity index (χ1v) is 6.61. The van der Waals surface area contributed by atoms with Crippen LogP contribution < -0.4 is 4.74 Å². The molecule has 0 amide bonds. The number of ether oxygens (including phenoxy) is 1. The molecule has 2 aromatic rings. The van der Waals surface area contributed by atoms with Crippen molar-refractivity contribution in [2.45, 2.75) is 17.9 Å². The van der Waals surface area contributed by atoms with Crippen LogP contribution in [0, 0.1) is 6.92 Å². The Morgan fingerprint density at radius 2 is 2.38 bits per heavy atom. The van der Waals surface area contributed by atoms with Crippen molar-refractivity contribution in [3.8, 4) is 5.19 Å². The summed E-state index contributed by atoms with van der Waals surface area (Å²) < 4.78 is 10.2. The maximum absolute atomic E-state index is 5.95. The molecule has 7 heteroatoms. The molecule has 0 aliphatic carbocycles. The summed E-state index contributed by atoms with van der Waals surface area (Å²) in [7, 11) is 1.57. The number of aromatic nitrogens is 2. The highest BCUT2D eigenvalue weighted by molar-refractivity contribution is 7.98. The van der Waals surface area contributed by atoms with Crippen LogP contribution in [0.15, 0.2) is 15.9 Å². The molecule has 0 aliphatic heterocycles. The van der Waals surface area contributed by atoms with E-state index in [0.29, 0.717) is 21.3 Å². The van der Waals surface area contributed by atoms with Crippen LogP contribution in [0.3, 0.4) is 0 Å². The van der Waals surface area contributed by atoms with Crippen molar-refractivity contribution >= 4 is 34.7 Å². The number of methoxy groups -OCH3 is 1. The molecule has 4 nitrogen and oxygen atoms in total. The normalized spacial score (nSPS) is 10.7. The Bertz CT molecular complexity index is 484. The fourth-order valence-electron chi connectivity index (χ4n) is 1.02. The number of aryl methyl sites for hydroxylation is 1. The third-order valence-electron chi connectivity index (χ3n) is 1.73. The third-order valence-corrected chi connectivity index (χ3v) is 4.22. The van der Waals surface area contributed by atoms with E-state index in [4.69, 9.17) is 20.8 Å². The van der Waals surface area contributed by atoms with Crippen LogP contribution in [0.1, 0.15) is 10.6 Å². The van der Waals surface area contributed by atoms with Crippen molar-refractivity contribution in [3.63, 3.8) is 0 Å². The first-order chi connectivity index (χ1) is 7.69. The second-order valence-electron chi connectivity index (χ2n) is 2.94. The average molecular weight is 277 g/mol. The van der Waals surface area contributed by atoms with E-state index in [9.17, 15) is 0 Å². The molecule has 0 saturated carbocycles. The van der Waals surface area contributed by atoms with Crippen molar-refractivity contribution < 1.29 is 9.15 Å². The molecule has 2 aromatic heterocycles. The van der Waals surface area contributed by atoms with Gasteiger partial charge in [-0.25, -0.2) is 4.98 Å². The predicted molar refractivity (Wildman–Crippen MR) is 64.5 cm³/mol. The van der Waals surface area contributed by atoms with E-state index in [1.165, 1.54) is 23.1 Å². The van der Waals surface area contributed by atoms with Crippen LogP contribution in [0.2, 0.25) is 5.15 Å². The van der Waals surface area contributed by atoms with E-state index in [2.05, 4.69) is 9.97 Å². The highest BCUT2D eigenvalue weighted by atomic mass is 35.5. The van der Waals surface area contributed by atoms with E-state index in [0.717, 1.165) is 10.6 Å². The molecule has 0 bridgehead atoms. The zero-order valence-corrected chi connectivity index (χ0v) is 11.1. The SMILES string of the molecule is COc1nc(Cl)c(CSc2nc(C)co2)s1. The summed E-state index contributed by atoms with van der Waals surface area (Å²) in [5, 5.41) is 1.70. The van der Waals surface area contributed by atoms with Gasteiger partial charge in [-0.15, -0.1) is 0 Å². The minimum atomic E-state index is 0.484. The molecule has 2 heterocycles. The number of thioether (sulfide) groups is 1. The van der Waals surface area contributed by atoms with Gasteiger partial charge in [-0.2, -0.15) is 4.98 Å². The maximum Gasteiger partial charge on any atom is 0.274 e. The fraction of sp³-hybridized carbons (Fsp3) is 0.333. The second kappa shape index (κ2) is 5.07. The molecular formula is C9H9ClN2O2S2. The van der Waals surface area contributed by atoms with Gasteiger partial charge in [0.05, 0.1) is 17.7 Å². The molecular weight excluding hydrogens is 268 g/mol. The van der Waals surface area contributed by atoms with Gasteiger partial charge in [-0.3, -0.25) is 0 Å². The summed E-state index contributed by atoms with van der Waals surface area (Å²) in [5.74, 6) is 0.680. The third kappa shape index (κ3) is 2.69. The molecule has 2 rings (SSSR count). The Morgan fingerprint density at radius 3 is 2.94 bits per heavy atom. The molecule has 0 saturated heterocycles. The highest BCUT2D eigenvalue weighted by Crippen LogP contribution is 2.33. The van der Waals surface area contributed by atoms with Gasteiger partial charge in [-0.1, -0.05) is 34.7 Å². The highest BCUT2D eigenvalue weighted by Gasteiger charge is 2.11. The molecule has 0 aromatic carbocycles. The molecule has 16 heavy (non-hydrogen) atoms. The van der Waals surface area contributed by atoms with E-state index < -0.39 is 0 Å². The van der Waals surface area contributed by atoms with Gasteiger partial charge in [0.2, 0.25) is 0 Å². The van der Waals surface area contributed by atoms with Gasteiger partial charge in [0.25, 0.3) is 10.4 Å². The van der Waals surface area contributed by atoms with Crippen LogP contribution in [-0.2, 0) is 5.75 Å². The second-order valence-corrected chi connectivity index (χ2v) is 5.27. The summed E-state index contributed by atoms with van der Waals surface area (Å²) in [4.78, 5) is 9.19. The molecule has 0 aliphatic rings. The molecule has 0 atom stereocenters. The Hall–Kier alpha value is -0.720. The zero-order chi connectivity index (χ0) is 11.5. The Morgan fingerprint density at radius 1 is 1.56 bits per heavy atom. The largest absolute Gasteiger partial charge is 0.473 e. The standard InChI is InChI=1S/C9H9ClN2O2S2/c1-5-3-14-9(11-5)15-4-6-7(10)12-8(13-2)16-6/h3H,4H2,1-2H3. The van der Waals surface area contributed by atoms with Gasteiger partial charge in [-0.05, 0) is 6.92 Å². The van der Waals surface area contributed by atoms with Crippen LogP contribution in [0.5, 0.6) is 5.19 Å². The average Bonchev–Trinajstić information content (AvgIpc) is 2.82. The lowest BCUT2D eigenvalue weighted by Crippen LogP contribution is -1.78. The molecule has 0 unspecified atom stereocenters. The molecule has 0 radical (unpaired) electrons. The number of hydrogen-bond acceptors (Lipinski definition) is 6. The Kier molecular flexibility index (Phi) is 3.73. The lowest BCUT2D eigenvalue weighted by Gasteiger charge is -1.92. The van der Waals surface area contributed by atoms with Crippen molar-refractivity contribution in [3.05, 3.63) is 22.0 Å². The van der Waals surface area contributed by atoms with Crippen LogP contribution in [-0.4, -0.2) is 17.1 Å².